The first kappa shape index (κ1) is 41.2. The van der Waals surface area contributed by atoms with Crippen LogP contribution in [0.2, 0.25) is 0 Å². The molecule has 0 N–H and O–H groups in total. The van der Waals surface area contributed by atoms with E-state index in [2.05, 4.69) is 95.4 Å². The average molecular weight is 871 g/mol. The first-order valence-electron chi connectivity index (χ1n) is 22.8. The number of nitrogens with zero attached hydrogens (tertiary/aromatic N) is 2. The molecule has 300 valence electrons. The molecular formula is C50H67N2S3Se+. The Kier molecular flexibility index (Phi) is 15.2. The second-order valence-electron chi connectivity index (χ2n) is 17.2. The molecule has 1 unspecified atom stereocenters. The monoisotopic (exact) mass is 871 g/mol. The molecule has 1 atom stereocenters. The van der Waals surface area contributed by atoms with Crippen molar-refractivity contribution in [2.45, 2.75) is 177 Å². The van der Waals surface area contributed by atoms with E-state index in [4.69, 9.17) is 0 Å². The molecule has 2 aromatic carbocycles. The Morgan fingerprint density at radius 3 is 2.12 bits per heavy atom. The van der Waals surface area contributed by atoms with E-state index in [0.29, 0.717) is 14.5 Å². The van der Waals surface area contributed by atoms with Gasteiger partial charge in [0, 0.05) is 11.5 Å². The maximum atomic E-state index is 2.81. The van der Waals surface area contributed by atoms with Gasteiger partial charge < -0.3 is 0 Å². The van der Waals surface area contributed by atoms with Crippen LogP contribution in [0.4, 0.5) is 5.69 Å². The van der Waals surface area contributed by atoms with Crippen LogP contribution >= 0.6 is 35.3 Å². The number of allylic oxidation sites excluding steroid dienone is 6. The summed E-state index contributed by atoms with van der Waals surface area (Å²) in [6.45, 7) is 6.99. The molecule has 0 spiro atoms. The summed E-state index contributed by atoms with van der Waals surface area (Å²) in [5, 5.41) is 1.48. The van der Waals surface area contributed by atoms with Gasteiger partial charge in [-0.1, -0.05) is 57.9 Å². The SMILES string of the molecule is CCCCCCCCCCN1/C(=C/C2=CC3=C/C(=C/c4[se]c5ccc6c(c5[n+]4CCCCCCCCCC)CSC6)CCC3CC2)Sc2ccc3c(c21)CSC3. The predicted octanol–water partition coefficient (Wildman–Crippen LogP) is 14.9. The molecule has 2 nitrogen and oxygen atoms in total. The minimum Gasteiger partial charge on any atom is -0.152 e. The van der Waals surface area contributed by atoms with Crippen LogP contribution in [0.5, 0.6) is 0 Å². The van der Waals surface area contributed by atoms with Crippen LogP contribution < -0.4 is 9.47 Å². The Morgan fingerprint density at radius 1 is 0.696 bits per heavy atom. The molecule has 1 aromatic heterocycles. The number of hydrogen-bond acceptors (Lipinski definition) is 4. The molecule has 0 amide bonds. The van der Waals surface area contributed by atoms with E-state index in [1.165, 1.54) is 168 Å². The normalized spacial score (nSPS) is 20.2. The maximum Gasteiger partial charge on any atom is 0.0212 e. The third-order valence-electron chi connectivity index (χ3n) is 13.0. The molecule has 6 heteroatoms. The largest absolute Gasteiger partial charge is 0.152 e. The van der Waals surface area contributed by atoms with E-state index >= 15 is 0 Å². The number of fused-ring (bicyclic) bond motifs is 7. The third kappa shape index (κ3) is 9.89. The summed E-state index contributed by atoms with van der Waals surface area (Å²) < 4.78 is 6.07. The van der Waals surface area contributed by atoms with Crippen molar-refractivity contribution in [1.82, 2.24) is 0 Å². The van der Waals surface area contributed by atoms with Crippen LogP contribution in [-0.2, 0) is 29.6 Å². The summed E-state index contributed by atoms with van der Waals surface area (Å²) in [7, 11) is 0. The third-order valence-corrected chi connectivity index (χ3v) is 18.4. The van der Waals surface area contributed by atoms with E-state index in [1.807, 2.05) is 11.8 Å². The number of hydrogen-bond donors (Lipinski definition) is 0. The molecule has 0 bridgehead atoms. The first-order valence-corrected chi connectivity index (χ1v) is 27.6. The van der Waals surface area contributed by atoms with Gasteiger partial charge in [-0.25, -0.2) is 0 Å². The second-order valence-corrected chi connectivity index (χ2v) is 22.5. The quantitative estimate of drug-likeness (QED) is 0.0634. The summed E-state index contributed by atoms with van der Waals surface area (Å²) in [6, 6.07) is 9.81. The topological polar surface area (TPSA) is 7.12 Å². The van der Waals surface area contributed by atoms with Gasteiger partial charge in [0.05, 0.1) is 0 Å². The van der Waals surface area contributed by atoms with Crippen LogP contribution in [0.3, 0.4) is 0 Å². The van der Waals surface area contributed by atoms with Crippen molar-refractivity contribution < 1.29 is 4.57 Å². The maximum absolute atomic E-state index is 2.81. The van der Waals surface area contributed by atoms with Gasteiger partial charge in [0.1, 0.15) is 0 Å². The van der Waals surface area contributed by atoms with Crippen molar-refractivity contribution in [2.24, 2.45) is 5.92 Å². The van der Waals surface area contributed by atoms with Crippen molar-refractivity contribution in [3.8, 4) is 0 Å². The fourth-order valence-corrected chi connectivity index (χ4v) is 15.7. The van der Waals surface area contributed by atoms with Crippen molar-refractivity contribution in [3.63, 3.8) is 0 Å². The van der Waals surface area contributed by atoms with Crippen LogP contribution in [0.25, 0.3) is 15.9 Å². The molecule has 8 rings (SSSR count). The van der Waals surface area contributed by atoms with Crippen molar-refractivity contribution >= 4 is 71.3 Å². The standard InChI is InChI=1S/C50H67N2S3Se/c1-3-5-7-9-11-13-15-17-27-51-47(55-45-25-23-40-33-53-35-43(40)49(45)51)31-37-19-21-39-22-20-38(30-42(39)29-37)32-48-52(28-18-16-14-12-10-8-6-4-2)50-44-36-54-34-41(44)24-26-46(50)56-48/h23-26,29-32,39H,3-22,27-28,33-36H2,1-2H3/q+1. The molecule has 0 fully saturated rings. The zero-order valence-corrected chi connectivity index (χ0v) is 38.8. The molecule has 0 saturated heterocycles. The second kappa shape index (κ2) is 20.6. The smallest absolute Gasteiger partial charge is 0.0212 e. The Morgan fingerprint density at radius 2 is 1.36 bits per heavy atom. The molecule has 3 aliphatic heterocycles. The minimum absolute atomic E-state index is 0.393. The zero-order valence-electron chi connectivity index (χ0n) is 34.6. The van der Waals surface area contributed by atoms with Gasteiger partial charge in [-0.2, -0.15) is 11.8 Å². The van der Waals surface area contributed by atoms with Gasteiger partial charge in [-0.15, -0.1) is 0 Å². The van der Waals surface area contributed by atoms with Gasteiger partial charge in [0.2, 0.25) is 0 Å². The Labute approximate surface area is 358 Å². The van der Waals surface area contributed by atoms with Gasteiger partial charge in [-0.3, -0.25) is 0 Å². The Bertz CT molecular complexity index is 1950. The molecule has 0 saturated carbocycles. The van der Waals surface area contributed by atoms with Crippen molar-refractivity contribution in [2.75, 3.05) is 11.4 Å². The number of thioether (sulfide) groups is 3. The predicted molar refractivity (Wildman–Crippen MR) is 250 cm³/mol. The van der Waals surface area contributed by atoms with Crippen LogP contribution in [0.15, 0.2) is 69.1 Å². The summed E-state index contributed by atoms with van der Waals surface area (Å²) in [5.41, 5.74) is 14.3. The number of rotatable bonds is 20. The fraction of sp³-hybridized carbons (Fsp3) is 0.580. The Hall–Kier alpha value is -1.56. The average Bonchev–Trinajstić information content (AvgIpc) is 4.02. The van der Waals surface area contributed by atoms with E-state index in [0.717, 1.165) is 12.5 Å². The van der Waals surface area contributed by atoms with Crippen LogP contribution in [-0.4, -0.2) is 21.0 Å². The van der Waals surface area contributed by atoms with E-state index in [-0.39, 0.29) is 0 Å². The minimum atomic E-state index is 0.393. The van der Waals surface area contributed by atoms with E-state index < -0.39 is 0 Å². The van der Waals surface area contributed by atoms with Crippen molar-refractivity contribution in [3.05, 3.63) is 91.1 Å². The van der Waals surface area contributed by atoms with Gasteiger partial charge in [0.25, 0.3) is 0 Å². The molecule has 0 radical (unpaired) electrons. The number of anilines is 1. The van der Waals surface area contributed by atoms with E-state index in [9.17, 15) is 0 Å². The molecule has 5 aliphatic rings. The number of aromatic nitrogens is 1. The Balaban J connectivity index is 1.01. The first-order chi connectivity index (χ1) is 27.7. The summed E-state index contributed by atoms with van der Waals surface area (Å²) in [4.78, 5) is 4.24. The van der Waals surface area contributed by atoms with Crippen molar-refractivity contribution in [1.29, 1.82) is 0 Å². The fourth-order valence-electron chi connectivity index (χ4n) is 9.76. The van der Waals surface area contributed by atoms with Gasteiger partial charge in [-0.05, 0) is 5.56 Å². The van der Waals surface area contributed by atoms with Gasteiger partial charge in [0.15, 0.2) is 0 Å². The number of unbranched alkanes of at least 4 members (excludes halogenated alkanes) is 14. The zero-order chi connectivity index (χ0) is 38.1. The summed E-state index contributed by atoms with van der Waals surface area (Å²) >= 11 is 6.65. The molecule has 56 heavy (non-hydrogen) atoms. The summed E-state index contributed by atoms with van der Waals surface area (Å²) in [6.07, 6.45) is 37.7. The molecule has 3 aromatic rings. The molecule has 4 heterocycles. The molecular weight excluding hydrogens is 804 g/mol. The summed E-state index contributed by atoms with van der Waals surface area (Å²) in [5.74, 6) is 5.47. The van der Waals surface area contributed by atoms with E-state index in [1.54, 1.807) is 59.0 Å². The number of aryl methyl sites for hydroxylation is 1. The van der Waals surface area contributed by atoms with Crippen LogP contribution in [0, 0.1) is 5.92 Å². The number of benzene rings is 2. The molecule has 2 aliphatic carbocycles. The van der Waals surface area contributed by atoms with Crippen LogP contribution in [0.1, 0.15) is 169 Å². The van der Waals surface area contributed by atoms with Gasteiger partial charge >= 0.3 is 274 Å².